The molecule has 10 heavy (non-hydrogen) atoms. The maximum absolute atomic E-state index is 10.0. The van der Waals surface area contributed by atoms with Crippen LogP contribution in [0.25, 0.3) is 0 Å². The molecular formula is C5H13N4O+. The van der Waals surface area contributed by atoms with E-state index >= 15 is 0 Å². The van der Waals surface area contributed by atoms with Crippen molar-refractivity contribution in [2.75, 3.05) is 0 Å². The number of amides is 2. The molecule has 1 atom stereocenters. The van der Waals surface area contributed by atoms with E-state index in [-0.39, 0.29) is 6.04 Å². The summed E-state index contributed by atoms with van der Waals surface area (Å²) in [5.74, 6) is 0. The molecule has 0 fully saturated rings. The van der Waals surface area contributed by atoms with E-state index in [0.717, 1.165) is 6.42 Å². The van der Waals surface area contributed by atoms with Gasteiger partial charge >= 0.3 is 6.03 Å². The molecule has 2 amide bonds. The summed E-state index contributed by atoms with van der Waals surface area (Å²) in [5, 5.41) is 3.53. The summed E-state index contributed by atoms with van der Waals surface area (Å²) in [6.45, 7) is 1.98. The molecule has 0 spiro atoms. The van der Waals surface area contributed by atoms with Gasteiger partial charge in [-0.2, -0.15) is 5.10 Å². The summed E-state index contributed by atoms with van der Waals surface area (Å²) >= 11 is 0. The van der Waals surface area contributed by atoms with Crippen LogP contribution in [0.4, 0.5) is 4.79 Å². The van der Waals surface area contributed by atoms with Crippen LogP contribution < -0.4 is 16.9 Å². The second kappa shape index (κ2) is 4.75. The first kappa shape index (κ1) is 8.90. The van der Waals surface area contributed by atoms with Gasteiger partial charge in [0.15, 0.2) is 0 Å². The Hall–Kier alpha value is -1.10. The third-order valence-corrected chi connectivity index (χ3v) is 0.984. The molecule has 0 radical (unpaired) electrons. The number of rotatable bonds is 3. The molecule has 58 valence electrons. The summed E-state index contributed by atoms with van der Waals surface area (Å²) in [5.41, 5.74) is 10.5. The first-order chi connectivity index (χ1) is 4.66. The van der Waals surface area contributed by atoms with Crippen molar-refractivity contribution in [1.82, 2.24) is 5.43 Å². The Labute approximate surface area is 59.5 Å². The Kier molecular flexibility index (Phi) is 4.23. The number of nitrogens with one attached hydrogen (secondary N) is 1. The molecule has 0 heterocycles. The topological polar surface area (TPSA) is 95.1 Å². The van der Waals surface area contributed by atoms with Gasteiger partial charge in [-0.3, -0.25) is 0 Å². The van der Waals surface area contributed by atoms with E-state index in [0.29, 0.717) is 0 Å². The highest BCUT2D eigenvalue weighted by atomic mass is 16.2. The molecule has 0 bridgehead atoms. The predicted molar refractivity (Wildman–Crippen MR) is 38.2 cm³/mol. The van der Waals surface area contributed by atoms with Crippen molar-refractivity contribution in [3.05, 3.63) is 0 Å². The van der Waals surface area contributed by atoms with E-state index in [1.807, 2.05) is 6.92 Å². The zero-order valence-electron chi connectivity index (χ0n) is 6.00. The lowest BCUT2D eigenvalue weighted by Crippen LogP contribution is -2.61. The predicted octanol–water partition coefficient (Wildman–Crippen LogP) is -1.34. The molecule has 0 saturated heterocycles. The lowest BCUT2D eigenvalue weighted by molar-refractivity contribution is -0.393. The maximum Gasteiger partial charge on any atom is 0.332 e. The monoisotopic (exact) mass is 145 g/mol. The van der Waals surface area contributed by atoms with E-state index in [2.05, 4.69) is 16.3 Å². The molecule has 0 aromatic rings. The minimum Gasteiger partial charge on any atom is -0.351 e. The molecule has 6 N–H and O–H groups in total. The summed E-state index contributed by atoms with van der Waals surface area (Å²) in [6.07, 6.45) is 2.44. The van der Waals surface area contributed by atoms with Crippen LogP contribution in [0.5, 0.6) is 0 Å². The van der Waals surface area contributed by atoms with Gasteiger partial charge in [0.05, 0.1) is 6.21 Å². The lowest BCUT2D eigenvalue weighted by Gasteiger charge is -1.94. The molecule has 0 aromatic carbocycles. The first-order valence-corrected chi connectivity index (χ1v) is 3.08. The Morgan fingerprint density at radius 3 is 3.00 bits per heavy atom. The van der Waals surface area contributed by atoms with Gasteiger partial charge in [0.2, 0.25) is 0 Å². The summed E-state index contributed by atoms with van der Waals surface area (Å²) in [6, 6.07) is -0.522. The van der Waals surface area contributed by atoms with E-state index in [9.17, 15) is 4.79 Å². The van der Waals surface area contributed by atoms with Crippen LogP contribution in [-0.2, 0) is 0 Å². The van der Waals surface area contributed by atoms with Gasteiger partial charge in [-0.1, -0.05) is 6.92 Å². The van der Waals surface area contributed by atoms with Crippen molar-refractivity contribution in [3.8, 4) is 0 Å². The zero-order valence-corrected chi connectivity index (χ0v) is 6.00. The second-order valence-corrected chi connectivity index (χ2v) is 1.92. The van der Waals surface area contributed by atoms with E-state index in [1.54, 1.807) is 6.21 Å². The number of carbonyl (C=O) groups excluding carboxylic acids is 1. The summed E-state index contributed by atoms with van der Waals surface area (Å²) in [4.78, 5) is 10.0. The third kappa shape index (κ3) is 5.04. The van der Waals surface area contributed by atoms with Crippen molar-refractivity contribution in [2.45, 2.75) is 19.4 Å². The largest absolute Gasteiger partial charge is 0.351 e. The molecule has 5 nitrogen and oxygen atoms in total. The van der Waals surface area contributed by atoms with Crippen LogP contribution >= 0.6 is 0 Å². The second-order valence-electron chi connectivity index (χ2n) is 1.92. The molecular weight excluding hydrogens is 132 g/mol. The van der Waals surface area contributed by atoms with Crippen LogP contribution in [0.3, 0.4) is 0 Å². The highest BCUT2D eigenvalue weighted by Gasteiger charge is 1.95. The normalized spacial score (nSPS) is 13.4. The Morgan fingerprint density at radius 2 is 2.60 bits per heavy atom. The summed E-state index contributed by atoms with van der Waals surface area (Å²) < 4.78 is 0. The SMILES string of the molecule is CCC([NH3+])/C=N/NC(N)=O. The Balaban J connectivity index is 3.45. The molecule has 1 unspecified atom stereocenters. The van der Waals surface area contributed by atoms with Crippen molar-refractivity contribution >= 4 is 12.2 Å². The molecule has 0 aliphatic rings. The number of primary amides is 1. The van der Waals surface area contributed by atoms with Gasteiger partial charge in [-0.15, -0.1) is 0 Å². The van der Waals surface area contributed by atoms with Crippen molar-refractivity contribution in [2.24, 2.45) is 10.8 Å². The van der Waals surface area contributed by atoms with Crippen LogP contribution in [-0.4, -0.2) is 18.3 Å². The van der Waals surface area contributed by atoms with Gasteiger partial charge in [0, 0.05) is 6.42 Å². The third-order valence-electron chi connectivity index (χ3n) is 0.984. The molecule has 0 saturated carbocycles. The van der Waals surface area contributed by atoms with Crippen molar-refractivity contribution in [3.63, 3.8) is 0 Å². The minimum absolute atomic E-state index is 0.131. The zero-order chi connectivity index (χ0) is 7.98. The molecule has 5 heteroatoms. The lowest BCUT2D eigenvalue weighted by atomic mass is 10.3. The van der Waals surface area contributed by atoms with Crippen molar-refractivity contribution < 1.29 is 10.5 Å². The quantitative estimate of drug-likeness (QED) is 0.332. The number of urea groups is 1. The van der Waals surface area contributed by atoms with Crippen LogP contribution in [0.15, 0.2) is 5.10 Å². The average molecular weight is 145 g/mol. The minimum atomic E-state index is -0.653. The number of hydrogen-bond acceptors (Lipinski definition) is 2. The fourth-order valence-electron chi connectivity index (χ4n) is 0.312. The fourth-order valence-corrected chi connectivity index (χ4v) is 0.312. The molecule has 0 aliphatic heterocycles. The highest BCUT2D eigenvalue weighted by molar-refractivity contribution is 5.73. The highest BCUT2D eigenvalue weighted by Crippen LogP contribution is 1.75. The maximum atomic E-state index is 10.0. The van der Waals surface area contributed by atoms with Crippen LogP contribution in [0.1, 0.15) is 13.3 Å². The van der Waals surface area contributed by atoms with Gasteiger partial charge in [0.25, 0.3) is 0 Å². The molecule has 0 aromatic heterocycles. The van der Waals surface area contributed by atoms with Gasteiger partial charge < -0.3 is 11.5 Å². The molecule has 0 aliphatic carbocycles. The van der Waals surface area contributed by atoms with E-state index < -0.39 is 6.03 Å². The van der Waals surface area contributed by atoms with E-state index in [1.165, 1.54) is 0 Å². The smallest absolute Gasteiger partial charge is 0.332 e. The van der Waals surface area contributed by atoms with Gasteiger partial charge in [0.1, 0.15) is 6.04 Å². The van der Waals surface area contributed by atoms with Gasteiger partial charge in [-0.25, -0.2) is 10.2 Å². The first-order valence-electron chi connectivity index (χ1n) is 3.08. The number of carbonyl (C=O) groups is 1. The standard InChI is InChI=1S/C5H12N4O/c1-2-4(6)3-8-9-5(7)10/h3-4H,2,6H2,1H3,(H3,7,9,10)/p+1/b8-3+. The fraction of sp³-hybridized carbons (Fsp3) is 0.600. The van der Waals surface area contributed by atoms with E-state index in [4.69, 9.17) is 5.73 Å². The Bertz CT molecular complexity index is 134. The number of nitrogens with two attached hydrogens (primary N) is 1. The molecule has 0 rings (SSSR count). The van der Waals surface area contributed by atoms with Crippen LogP contribution in [0, 0.1) is 0 Å². The number of quaternary nitrogens is 1. The summed E-state index contributed by atoms with van der Waals surface area (Å²) in [7, 11) is 0. The average Bonchev–Trinajstić information content (AvgIpc) is 1.87. The van der Waals surface area contributed by atoms with Crippen molar-refractivity contribution in [1.29, 1.82) is 0 Å². The van der Waals surface area contributed by atoms with Crippen LogP contribution in [0.2, 0.25) is 0 Å². The van der Waals surface area contributed by atoms with Gasteiger partial charge in [-0.05, 0) is 0 Å². The number of hydrazone groups is 1. The Morgan fingerprint density at radius 1 is 2.00 bits per heavy atom. The number of nitrogens with zero attached hydrogens (tertiary/aromatic N) is 1. The number of hydrogen-bond donors (Lipinski definition) is 3.